The quantitative estimate of drug-likeness (QED) is 0.116. The topological polar surface area (TPSA) is 177 Å². The molecule has 15 nitrogen and oxygen atoms in total. The number of phenolic OH excluding ortho intramolecular Hbond substituents is 1. The average molecular weight is 812 g/mol. The Kier molecular flexibility index (Phi) is 14.4. The van der Waals surface area contributed by atoms with Gasteiger partial charge in [0.2, 0.25) is 0 Å². The Morgan fingerprint density at radius 2 is 1.86 bits per heavy atom. The first-order chi connectivity index (χ1) is 28.0. The van der Waals surface area contributed by atoms with Gasteiger partial charge in [0.1, 0.15) is 36.0 Å². The molecule has 4 N–H and O–H groups in total. The third kappa shape index (κ3) is 10.9. The van der Waals surface area contributed by atoms with Gasteiger partial charge in [-0.25, -0.2) is 27.7 Å². The van der Waals surface area contributed by atoms with Gasteiger partial charge in [-0.15, -0.1) is 0 Å². The number of rotatable bonds is 17. The lowest BCUT2D eigenvalue weighted by molar-refractivity contribution is -0.137. The van der Waals surface area contributed by atoms with E-state index in [0.29, 0.717) is 44.0 Å². The molecule has 0 saturated carbocycles. The number of hydrogen-bond acceptors (Lipinski definition) is 10. The number of hydrogen-bond donors (Lipinski definition) is 4. The number of imidazole rings is 1. The van der Waals surface area contributed by atoms with Gasteiger partial charge in [-0.05, 0) is 61.6 Å². The van der Waals surface area contributed by atoms with Crippen molar-refractivity contribution in [2.24, 2.45) is 11.8 Å². The van der Waals surface area contributed by atoms with Gasteiger partial charge in [-0.1, -0.05) is 12.1 Å². The zero-order chi connectivity index (χ0) is 41.2. The molecule has 3 aromatic rings. The van der Waals surface area contributed by atoms with Gasteiger partial charge in [0, 0.05) is 75.8 Å². The van der Waals surface area contributed by atoms with Crippen LogP contribution >= 0.6 is 0 Å². The number of aromatic nitrogens is 2. The number of urea groups is 1. The first-order valence-electron chi connectivity index (χ1n) is 19.3. The monoisotopic (exact) mass is 811 g/mol. The lowest BCUT2D eigenvalue weighted by Gasteiger charge is -2.40. The van der Waals surface area contributed by atoms with Crippen molar-refractivity contribution >= 4 is 23.9 Å². The molecule has 0 radical (unpaired) electrons. The summed E-state index contributed by atoms with van der Waals surface area (Å²) in [6, 6.07) is 7.58. The molecule has 6 rings (SSSR count). The number of amides is 5. The Hall–Kier alpha value is -5.46. The molecule has 1 aromatic heterocycles. The minimum atomic E-state index is -1.25. The van der Waals surface area contributed by atoms with Crippen molar-refractivity contribution in [3.8, 4) is 17.0 Å². The molecule has 2 aromatic carbocycles. The molecule has 18 heteroatoms. The first-order valence-corrected chi connectivity index (χ1v) is 19.3. The third-order valence-electron chi connectivity index (χ3n) is 10.2. The van der Waals surface area contributed by atoms with Gasteiger partial charge in [0.05, 0.1) is 37.5 Å². The number of carbonyl (C=O) groups excluding carboxylic acids is 4. The predicted octanol–water partition coefficient (Wildman–Crippen LogP) is 3.68. The molecule has 0 aliphatic carbocycles. The molecule has 3 aliphatic heterocycles. The maximum atomic E-state index is 15.3. The van der Waals surface area contributed by atoms with Crippen LogP contribution in [-0.2, 0) is 30.3 Å². The second kappa shape index (κ2) is 19.8. The van der Waals surface area contributed by atoms with E-state index in [1.54, 1.807) is 40.8 Å². The first kappa shape index (κ1) is 42.2. The fourth-order valence-corrected chi connectivity index (χ4v) is 7.28. The minimum Gasteiger partial charge on any atom is -0.508 e. The van der Waals surface area contributed by atoms with Gasteiger partial charge >= 0.3 is 12.1 Å². The number of nitrogens with one attached hydrogen (secondary N) is 3. The fraction of sp³-hybridized carbons (Fsp3) is 0.475. The van der Waals surface area contributed by atoms with Gasteiger partial charge in [0.15, 0.2) is 0 Å². The molecule has 4 heterocycles. The van der Waals surface area contributed by atoms with Gasteiger partial charge in [-0.3, -0.25) is 14.5 Å². The number of alkyl halides is 1. The number of ether oxygens (including phenoxy) is 3. The Balaban J connectivity index is 1.20. The summed E-state index contributed by atoms with van der Waals surface area (Å²) in [7, 11) is 0. The van der Waals surface area contributed by atoms with Crippen molar-refractivity contribution in [1.82, 2.24) is 35.3 Å². The van der Waals surface area contributed by atoms with Crippen molar-refractivity contribution in [3.05, 3.63) is 83.8 Å². The normalized spacial score (nSPS) is 19.3. The summed E-state index contributed by atoms with van der Waals surface area (Å²) in [5.74, 6) is -2.61. The summed E-state index contributed by atoms with van der Waals surface area (Å²) in [5, 5.41) is 18.8. The highest BCUT2D eigenvalue weighted by molar-refractivity contribution is 6.12. The fourth-order valence-electron chi connectivity index (χ4n) is 7.28. The lowest BCUT2D eigenvalue weighted by Crippen LogP contribution is -2.52. The molecule has 3 aliphatic rings. The summed E-state index contributed by atoms with van der Waals surface area (Å²) in [6.45, 7) is 3.13. The summed E-state index contributed by atoms with van der Waals surface area (Å²) in [4.78, 5) is 57.7. The number of alkyl carbamates (subject to hydrolysis) is 1. The van der Waals surface area contributed by atoms with Crippen molar-refractivity contribution in [3.63, 3.8) is 0 Å². The summed E-state index contributed by atoms with van der Waals surface area (Å²) in [5.41, 5.74) is 0.728. The SMILES string of the molecule is CC(COC(=O)NCCOCCN1C(=O)C=CC1=O)NC(=O)N(CC1CNCC1F)C(c1nc(-c2cc(F)ccc2F)cn1Cc1cccc(O)c1)C1CCOCC1. The van der Waals surface area contributed by atoms with E-state index in [0.717, 1.165) is 23.1 Å². The van der Waals surface area contributed by atoms with E-state index in [1.165, 1.54) is 18.2 Å². The van der Waals surface area contributed by atoms with Crippen LogP contribution in [0, 0.1) is 23.5 Å². The Bertz CT molecular complexity index is 1940. The predicted molar refractivity (Wildman–Crippen MR) is 203 cm³/mol. The van der Waals surface area contributed by atoms with Crippen LogP contribution in [0.5, 0.6) is 5.75 Å². The van der Waals surface area contributed by atoms with E-state index in [1.807, 2.05) is 0 Å². The Morgan fingerprint density at radius 3 is 2.59 bits per heavy atom. The second-order valence-corrected chi connectivity index (χ2v) is 14.5. The summed E-state index contributed by atoms with van der Waals surface area (Å²) >= 11 is 0. The molecule has 0 bridgehead atoms. The van der Waals surface area contributed by atoms with E-state index in [-0.39, 0.29) is 75.5 Å². The Labute approximate surface area is 333 Å². The molecule has 4 unspecified atom stereocenters. The van der Waals surface area contributed by atoms with Crippen LogP contribution in [-0.4, -0.2) is 126 Å². The number of nitrogens with zero attached hydrogens (tertiary/aromatic N) is 4. The minimum absolute atomic E-state index is 0.0185. The number of carbonyl (C=O) groups is 4. The van der Waals surface area contributed by atoms with Crippen molar-refractivity contribution in [1.29, 1.82) is 0 Å². The highest BCUT2D eigenvalue weighted by atomic mass is 19.1. The van der Waals surface area contributed by atoms with Gasteiger partial charge in [-0.2, -0.15) is 0 Å². The molecule has 312 valence electrons. The average Bonchev–Trinajstić information content (AvgIpc) is 3.90. The smallest absolute Gasteiger partial charge is 0.407 e. The zero-order valence-electron chi connectivity index (χ0n) is 32.1. The van der Waals surface area contributed by atoms with Crippen LogP contribution in [0.15, 0.2) is 60.8 Å². The van der Waals surface area contributed by atoms with Crippen LogP contribution < -0.4 is 16.0 Å². The van der Waals surface area contributed by atoms with Crippen LogP contribution in [0.25, 0.3) is 11.3 Å². The molecule has 58 heavy (non-hydrogen) atoms. The van der Waals surface area contributed by atoms with Gasteiger partial charge < -0.3 is 44.7 Å². The van der Waals surface area contributed by atoms with Crippen molar-refractivity contribution in [2.75, 3.05) is 65.8 Å². The van der Waals surface area contributed by atoms with E-state index in [2.05, 4.69) is 16.0 Å². The van der Waals surface area contributed by atoms with E-state index >= 15 is 8.78 Å². The maximum absolute atomic E-state index is 15.3. The molecule has 0 spiro atoms. The molecule has 4 atom stereocenters. The number of phenols is 1. The highest BCUT2D eigenvalue weighted by Gasteiger charge is 2.40. The molecular weight excluding hydrogens is 763 g/mol. The van der Waals surface area contributed by atoms with Crippen molar-refractivity contribution < 1.29 is 51.7 Å². The van der Waals surface area contributed by atoms with Gasteiger partial charge in [0.25, 0.3) is 11.8 Å². The third-order valence-corrected chi connectivity index (χ3v) is 10.2. The van der Waals surface area contributed by atoms with E-state index in [4.69, 9.17) is 19.2 Å². The molecule has 2 saturated heterocycles. The number of halogens is 3. The number of imide groups is 1. The summed E-state index contributed by atoms with van der Waals surface area (Å²) < 4.78 is 63.2. The number of aromatic hydroxyl groups is 1. The second-order valence-electron chi connectivity index (χ2n) is 14.5. The molecule has 2 fully saturated rings. The van der Waals surface area contributed by atoms with Crippen LogP contribution in [0.3, 0.4) is 0 Å². The standard InChI is InChI=1S/C40H48F3N7O8/c1-25(24-58-40(55)45-11-15-57-16-12-49-35(52)7-8-36(49)53)46-39(54)50(22-28-19-44-20-33(28)43)37(27-9-13-56-14-10-27)38-47-34(31-18-29(41)5-6-32(31)42)23-48(38)21-26-3-2-4-30(51)17-26/h2-8,17-18,23,25,27-28,33,37,44,51H,9-16,19-22,24H2,1H3,(H,45,55)(H,46,54). The summed E-state index contributed by atoms with van der Waals surface area (Å²) in [6.07, 6.45) is 2.98. The lowest BCUT2D eigenvalue weighted by atomic mass is 9.89. The number of benzene rings is 2. The van der Waals surface area contributed by atoms with E-state index in [9.17, 15) is 28.7 Å². The van der Waals surface area contributed by atoms with Crippen LogP contribution in [0.1, 0.15) is 37.2 Å². The zero-order valence-corrected chi connectivity index (χ0v) is 32.1. The molecule has 5 amide bonds. The van der Waals surface area contributed by atoms with Crippen LogP contribution in [0.4, 0.5) is 22.8 Å². The maximum Gasteiger partial charge on any atom is 0.407 e. The van der Waals surface area contributed by atoms with Crippen molar-refractivity contribution in [2.45, 2.75) is 44.6 Å². The van der Waals surface area contributed by atoms with E-state index < -0.39 is 59.7 Å². The Morgan fingerprint density at radius 1 is 1.09 bits per heavy atom. The molecular formula is C40H48F3N7O8. The highest BCUT2D eigenvalue weighted by Crippen LogP contribution is 2.38. The van der Waals surface area contributed by atoms with Crippen LogP contribution in [0.2, 0.25) is 0 Å². The largest absolute Gasteiger partial charge is 0.508 e.